The molecule has 2 N–H and O–H groups in total. The van der Waals surface area contributed by atoms with Crippen LogP contribution in [0.15, 0.2) is 42.5 Å². The Bertz CT molecular complexity index is 617. The Hall–Kier alpha value is -2.63. The van der Waals surface area contributed by atoms with Gasteiger partial charge in [0, 0.05) is 24.2 Å². The van der Waals surface area contributed by atoms with E-state index in [4.69, 9.17) is 0 Å². The molecule has 2 aromatic rings. The Morgan fingerprint density at radius 1 is 1.26 bits per heavy atom. The Kier molecular flexibility index (Phi) is 3.61. The zero-order chi connectivity index (χ0) is 13.8. The van der Waals surface area contributed by atoms with Crippen molar-refractivity contribution in [3.8, 4) is 5.75 Å². The normalized spacial score (nSPS) is 10.2. The average molecular weight is 262 g/mol. The average Bonchev–Trinajstić information content (AvgIpc) is 2.39. The van der Waals surface area contributed by atoms with Crippen LogP contribution in [0, 0.1) is 15.9 Å². The number of nitrogens with zero attached hydrogens (tertiary/aromatic N) is 1. The predicted octanol–water partition coefficient (Wildman–Crippen LogP) is 3.05. The molecule has 0 aliphatic rings. The summed E-state index contributed by atoms with van der Waals surface area (Å²) in [6.07, 6.45) is 0. The number of hydrogen-bond acceptors (Lipinski definition) is 4. The topological polar surface area (TPSA) is 75.4 Å². The van der Waals surface area contributed by atoms with Crippen LogP contribution < -0.4 is 5.32 Å². The van der Waals surface area contributed by atoms with Gasteiger partial charge in [-0.25, -0.2) is 4.39 Å². The van der Waals surface area contributed by atoms with Gasteiger partial charge in [-0.1, -0.05) is 12.1 Å². The van der Waals surface area contributed by atoms with Gasteiger partial charge in [-0.2, -0.15) is 0 Å². The first-order chi connectivity index (χ1) is 9.08. The monoisotopic (exact) mass is 262 g/mol. The van der Waals surface area contributed by atoms with Crippen molar-refractivity contribution in [3.63, 3.8) is 0 Å². The molecule has 6 heteroatoms. The summed E-state index contributed by atoms with van der Waals surface area (Å²) in [7, 11) is 0. The Morgan fingerprint density at radius 2 is 2.00 bits per heavy atom. The molecule has 0 saturated carbocycles. The minimum Gasteiger partial charge on any atom is -0.508 e. The van der Waals surface area contributed by atoms with E-state index < -0.39 is 10.7 Å². The number of para-hydroxylation sites is 1. The summed E-state index contributed by atoms with van der Waals surface area (Å²) >= 11 is 0. The highest BCUT2D eigenvalue weighted by Gasteiger charge is 2.10. The maximum absolute atomic E-state index is 13.4. The molecule has 2 rings (SSSR count). The lowest BCUT2D eigenvalue weighted by Crippen LogP contribution is -2.02. The van der Waals surface area contributed by atoms with Crippen LogP contribution in [0.25, 0.3) is 0 Å². The number of rotatable bonds is 4. The number of halogens is 1. The molecule has 0 aliphatic carbocycles. The molecule has 0 fully saturated rings. The van der Waals surface area contributed by atoms with Crippen molar-refractivity contribution in [2.24, 2.45) is 0 Å². The molecule has 0 aliphatic heterocycles. The van der Waals surface area contributed by atoms with Crippen LogP contribution in [0.1, 0.15) is 5.56 Å². The van der Waals surface area contributed by atoms with Crippen molar-refractivity contribution in [2.75, 3.05) is 5.32 Å². The number of benzene rings is 2. The molecule has 0 heterocycles. The smallest absolute Gasteiger partial charge is 0.270 e. The summed E-state index contributed by atoms with van der Waals surface area (Å²) in [5.41, 5.74) is 0.481. The van der Waals surface area contributed by atoms with Gasteiger partial charge >= 0.3 is 0 Å². The van der Waals surface area contributed by atoms with E-state index in [2.05, 4.69) is 5.32 Å². The molecule has 2 aromatic carbocycles. The minimum absolute atomic E-state index is 0.0746. The third-order valence-electron chi connectivity index (χ3n) is 2.62. The zero-order valence-corrected chi connectivity index (χ0v) is 9.84. The van der Waals surface area contributed by atoms with Crippen LogP contribution in [0.5, 0.6) is 5.75 Å². The molecule has 0 unspecified atom stereocenters. The van der Waals surface area contributed by atoms with Crippen LogP contribution in [-0.2, 0) is 6.54 Å². The van der Waals surface area contributed by atoms with Gasteiger partial charge < -0.3 is 10.4 Å². The second-order valence-corrected chi connectivity index (χ2v) is 3.90. The van der Waals surface area contributed by atoms with Gasteiger partial charge in [0.2, 0.25) is 0 Å². The van der Waals surface area contributed by atoms with E-state index >= 15 is 0 Å². The lowest BCUT2D eigenvalue weighted by Gasteiger charge is -2.08. The molecule has 0 atom stereocenters. The lowest BCUT2D eigenvalue weighted by atomic mass is 10.1. The summed E-state index contributed by atoms with van der Waals surface area (Å²) < 4.78 is 13.4. The van der Waals surface area contributed by atoms with Crippen molar-refractivity contribution in [3.05, 3.63) is 64.0 Å². The van der Waals surface area contributed by atoms with Crippen molar-refractivity contribution in [1.29, 1.82) is 0 Å². The molecule has 19 heavy (non-hydrogen) atoms. The fourth-order valence-electron chi connectivity index (χ4n) is 1.62. The summed E-state index contributed by atoms with van der Waals surface area (Å²) in [6.45, 7) is 0.0917. The van der Waals surface area contributed by atoms with E-state index in [0.717, 1.165) is 0 Å². The van der Waals surface area contributed by atoms with Crippen molar-refractivity contribution >= 4 is 11.4 Å². The molecule has 0 aromatic heterocycles. The Balaban J connectivity index is 2.17. The Labute approximate surface area is 108 Å². The third kappa shape index (κ3) is 2.98. The van der Waals surface area contributed by atoms with Crippen LogP contribution >= 0.6 is 0 Å². The number of anilines is 1. The Morgan fingerprint density at radius 3 is 2.68 bits per heavy atom. The standard InChI is InChI=1S/C13H11FN2O3/c14-11-3-1-2-4-12(11)15-8-9-7-10(16(18)19)5-6-13(9)17/h1-7,15,17H,8H2. The fraction of sp³-hybridized carbons (Fsp3) is 0.0769. The van der Waals surface area contributed by atoms with E-state index in [-0.39, 0.29) is 23.7 Å². The van der Waals surface area contributed by atoms with E-state index in [1.165, 1.54) is 24.3 Å². The second kappa shape index (κ2) is 5.34. The van der Waals surface area contributed by atoms with Crippen LogP contribution in [-0.4, -0.2) is 10.0 Å². The van der Waals surface area contributed by atoms with Gasteiger partial charge in [0.25, 0.3) is 5.69 Å². The number of phenolic OH excluding ortho intramolecular Hbond substituents is 1. The predicted molar refractivity (Wildman–Crippen MR) is 68.5 cm³/mol. The maximum Gasteiger partial charge on any atom is 0.270 e. The number of hydrogen-bond donors (Lipinski definition) is 2. The highest BCUT2D eigenvalue weighted by atomic mass is 19.1. The minimum atomic E-state index is -0.550. The van der Waals surface area contributed by atoms with E-state index in [1.54, 1.807) is 18.2 Å². The zero-order valence-electron chi connectivity index (χ0n) is 9.84. The maximum atomic E-state index is 13.4. The number of aromatic hydroxyl groups is 1. The first kappa shape index (κ1) is 12.8. The molecule has 98 valence electrons. The quantitative estimate of drug-likeness (QED) is 0.656. The highest BCUT2D eigenvalue weighted by molar-refractivity contribution is 5.48. The fourth-order valence-corrected chi connectivity index (χ4v) is 1.62. The summed E-state index contributed by atoms with van der Waals surface area (Å²) in [4.78, 5) is 10.1. The first-order valence-electron chi connectivity index (χ1n) is 5.52. The van der Waals surface area contributed by atoms with Crippen molar-refractivity contribution < 1.29 is 14.4 Å². The number of non-ortho nitro benzene ring substituents is 1. The molecular formula is C13H11FN2O3. The van der Waals surface area contributed by atoms with Gasteiger partial charge in [0.05, 0.1) is 10.6 Å². The lowest BCUT2D eigenvalue weighted by molar-refractivity contribution is -0.384. The summed E-state index contributed by atoms with van der Waals surface area (Å²) in [5, 5.41) is 23.0. The van der Waals surface area contributed by atoms with E-state index in [9.17, 15) is 19.6 Å². The van der Waals surface area contributed by atoms with Crippen LogP contribution in [0.2, 0.25) is 0 Å². The molecule has 0 spiro atoms. The van der Waals surface area contributed by atoms with Gasteiger partial charge in [-0.3, -0.25) is 10.1 Å². The van der Waals surface area contributed by atoms with Gasteiger partial charge in [-0.05, 0) is 18.2 Å². The van der Waals surface area contributed by atoms with Gasteiger partial charge in [-0.15, -0.1) is 0 Å². The summed E-state index contributed by atoms with van der Waals surface area (Å²) in [6, 6.07) is 9.78. The first-order valence-corrected chi connectivity index (χ1v) is 5.52. The van der Waals surface area contributed by atoms with Crippen LogP contribution in [0.4, 0.5) is 15.8 Å². The number of phenols is 1. The molecule has 0 amide bonds. The number of nitrogens with one attached hydrogen (secondary N) is 1. The summed E-state index contributed by atoms with van der Waals surface area (Å²) in [5.74, 6) is -0.498. The largest absolute Gasteiger partial charge is 0.508 e. The molecule has 5 nitrogen and oxygen atoms in total. The highest BCUT2D eigenvalue weighted by Crippen LogP contribution is 2.24. The second-order valence-electron chi connectivity index (χ2n) is 3.90. The number of nitro groups is 1. The third-order valence-corrected chi connectivity index (χ3v) is 2.62. The van der Waals surface area contributed by atoms with Crippen molar-refractivity contribution in [1.82, 2.24) is 0 Å². The molecule has 0 saturated heterocycles. The van der Waals surface area contributed by atoms with E-state index in [0.29, 0.717) is 5.56 Å². The molecule has 0 bridgehead atoms. The van der Waals surface area contributed by atoms with Gasteiger partial charge in [0.15, 0.2) is 0 Å². The van der Waals surface area contributed by atoms with Crippen LogP contribution in [0.3, 0.4) is 0 Å². The molecule has 0 radical (unpaired) electrons. The number of nitro benzene ring substituents is 1. The van der Waals surface area contributed by atoms with E-state index in [1.807, 2.05) is 0 Å². The molecular weight excluding hydrogens is 251 g/mol. The van der Waals surface area contributed by atoms with Gasteiger partial charge in [0.1, 0.15) is 11.6 Å². The SMILES string of the molecule is O=[N+]([O-])c1ccc(O)c(CNc2ccccc2F)c1. The van der Waals surface area contributed by atoms with Crippen molar-refractivity contribution in [2.45, 2.75) is 6.54 Å².